The molecule has 7 heteroatoms. The van der Waals surface area contributed by atoms with Gasteiger partial charge in [0.1, 0.15) is 0 Å². The number of carbonyl (C=O) groups is 1. The lowest BCUT2D eigenvalue weighted by Crippen LogP contribution is -2.44. The number of piperidine rings is 1. The van der Waals surface area contributed by atoms with Gasteiger partial charge in [-0.3, -0.25) is 9.89 Å². The van der Waals surface area contributed by atoms with Crippen LogP contribution in [-0.4, -0.2) is 47.2 Å². The topological polar surface area (TPSA) is 61.0 Å². The Balaban J connectivity index is 0.00000192. The molecule has 1 aliphatic rings. The Morgan fingerprint density at radius 2 is 2.13 bits per heavy atom. The van der Waals surface area contributed by atoms with E-state index in [-0.39, 0.29) is 18.3 Å². The molecule has 0 aliphatic carbocycles. The Hall–Kier alpha value is -1.56. The number of hydrogen-bond acceptors (Lipinski definition) is 3. The fraction of sp³-hybridized carbons (Fsp3) is 0.375. The van der Waals surface area contributed by atoms with Crippen molar-refractivity contribution in [2.45, 2.75) is 18.9 Å². The standard InChI is InChI=1S/C16H19ClN4O.ClH/c1-18-13-5-7-21(8-6-13)16(22)14-10-19-20-15(14)11-3-2-4-12(17)9-11;/h2-4,9-10,13,18H,5-8H2,1H3,(H,19,20);1H. The summed E-state index contributed by atoms with van der Waals surface area (Å²) in [7, 11) is 1.97. The molecule has 1 saturated heterocycles. The summed E-state index contributed by atoms with van der Waals surface area (Å²) in [6.07, 6.45) is 3.56. The molecule has 0 atom stereocenters. The van der Waals surface area contributed by atoms with Gasteiger partial charge in [-0.2, -0.15) is 5.10 Å². The second kappa shape index (κ2) is 7.81. The fourth-order valence-electron chi connectivity index (χ4n) is 2.85. The number of likely N-dealkylation sites (tertiary alicyclic amines) is 1. The third-order valence-corrected chi connectivity index (χ3v) is 4.41. The first kappa shape index (κ1) is 17.8. The van der Waals surface area contributed by atoms with Crippen molar-refractivity contribution in [3.8, 4) is 11.3 Å². The van der Waals surface area contributed by atoms with Crippen LogP contribution in [0.4, 0.5) is 0 Å². The Kier molecular flexibility index (Phi) is 6.04. The highest BCUT2D eigenvalue weighted by atomic mass is 35.5. The maximum atomic E-state index is 12.7. The number of carbonyl (C=O) groups excluding carboxylic acids is 1. The molecule has 0 saturated carbocycles. The maximum absolute atomic E-state index is 12.7. The fourth-order valence-corrected chi connectivity index (χ4v) is 3.04. The minimum Gasteiger partial charge on any atom is -0.338 e. The molecule has 0 unspecified atom stereocenters. The molecule has 0 bridgehead atoms. The second-order valence-electron chi connectivity index (χ2n) is 5.52. The zero-order valence-corrected chi connectivity index (χ0v) is 14.5. The Morgan fingerprint density at radius 1 is 1.39 bits per heavy atom. The van der Waals surface area contributed by atoms with Gasteiger partial charge in [0.15, 0.2) is 0 Å². The van der Waals surface area contributed by atoms with E-state index in [4.69, 9.17) is 11.6 Å². The Morgan fingerprint density at radius 3 is 2.78 bits per heavy atom. The SMILES string of the molecule is CNC1CCN(C(=O)c2cn[nH]c2-c2cccc(Cl)c2)CC1.Cl. The summed E-state index contributed by atoms with van der Waals surface area (Å²) in [6, 6.07) is 7.93. The lowest BCUT2D eigenvalue weighted by atomic mass is 10.0. The molecular formula is C16H20Cl2N4O. The number of aromatic amines is 1. The van der Waals surface area contributed by atoms with Gasteiger partial charge in [0.05, 0.1) is 17.5 Å². The molecular weight excluding hydrogens is 335 g/mol. The molecule has 2 N–H and O–H groups in total. The summed E-state index contributed by atoms with van der Waals surface area (Å²) in [5, 5.41) is 10.9. The average Bonchev–Trinajstić information content (AvgIpc) is 3.04. The van der Waals surface area contributed by atoms with Crippen LogP contribution in [0.5, 0.6) is 0 Å². The Bertz CT molecular complexity index is 666. The van der Waals surface area contributed by atoms with E-state index in [9.17, 15) is 4.79 Å². The number of amides is 1. The van der Waals surface area contributed by atoms with Crippen LogP contribution in [0.2, 0.25) is 5.02 Å². The van der Waals surface area contributed by atoms with Crippen LogP contribution >= 0.6 is 24.0 Å². The van der Waals surface area contributed by atoms with Gasteiger partial charge in [0.25, 0.3) is 5.91 Å². The molecule has 1 aromatic carbocycles. The first-order valence-electron chi connectivity index (χ1n) is 7.45. The highest BCUT2D eigenvalue weighted by Crippen LogP contribution is 2.25. The van der Waals surface area contributed by atoms with Crippen molar-refractivity contribution in [2.75, 3.05) is 20.1 Å². The number of H-pyrrole nitrogens is 1. The van der Waals surface area contributed by atoms with Crippen molar-refractivity contribution < 1.29 is 4.79 Å². The molecule has 1 aliphatic heterocycles. The number of benzene rings is 1. The van der Waals surface area contributed by atoms with Gasteiger partial charge < -0.3 is 10.2 Å². The monoisotopic (exact) mass is 354 g/mol. The summed E-state index contributed by atoms with van der Waals surface area (Å²) in [4.78, 5) is 14.6. The average molecular weight is 355 g/mol. The molecule has 1 fully saturated rings. The van der Waals surface area contributed by atoms with Crippen LogP contribution in [0.1, 0.15) is 23.2 Å². The molecule has 5 nitrogen and oxygen atoms in total. The van der Waals surface area contributed by atoms with Crippen molar-refractivity contribution in [1.29, 1.82) is 0 Å². The van der Waals surface area contributed by atoms with Crippen LogP contribution in [0.15, 0.2) is 30.5 Å². The van der Waals surface area contributed by atoms with Gasteiger partial charge in [-0.05, 0) is 32.0 Å². The molecule has 23 heavy (non-hydrogen) atoms. The minimum absolute atomic E-state index is 0. The van der Waals surface area contributed by atoms with E-state index >= 15 is 0 Å². The molecule has 1 aromatic heterocycles. The lowest BCUT2D eigenvalue weighted by molar-refractivity contribution is 0.0708. The molecule has 1 amide bonds. The summed E-state index contributed by atoms with van der Waals surface area (Å²) in [5.74, 6) is 0.0262. The summed E-state index contributed by atoms with van der Waals surface area (Å²) in [5.41, 5.74) is 2.20. The summed E-state index contributed by atoms with van der Waals surface area (Å²) in [6.45, 7) is 1.54. The van der Waals surface area contributed by atoms with Gasteiger partial charge in [-0.15, -0.1) is 12.4 Å². The minimum atomic E-state index is 0. The third-order valence-electron chi connectivity index (χ3n) is 4.17. The predicted molar refractivity (Wildman–Crippen MR) is 94.3 cm³/mol. The van der Waals surface area contributed by atoms with Crippen LogP contribution in [-0.2, 0) is 0 Å². The molecule has 3 rings (SSSR count). The van der Waals surface area contributed by atoms with Crippen LogP contribution in [0.3, 0.4) is 0 Å². The largest absolute Gasteiger partial charge is 0.338 e. The quantitative estimate of drug-likeness (QED) is 0.890. The number of halogens is 2. The van der Waals surface area contributed by atoms with E-state index in [0.29, 0.717) is 16.6 Å². The summed E-state index contributed by atoms with van der Waals surface area (Å²) >= 11 is 6.04. The highest BCUT2D eigenvalue weighted by Gasteiger charge is 2.25. The molecule has 0 spiro atoms. The van der Waals surface area contributed by atoms with E-state index in [1.54, 1.807) is 6.20 Å². The van der Waals surface area contributed by atoms with Gasteiger partial charge in [0, 0.05) is 29.7 Å². The zero-order chi connectivity index (χ0) is 15.5. The maximum Gasteiger partial charge on any atom is 0.257 e. The second-order valence-corrected chi connectivity index (χ2v) is 5.96. The van der Waals surface area contributed by atoms with E-state index < -0.39 is 0 Å². The molecule has 0 radical (unpaired) electrons. The van der Waals surface area contributed by atoms with Crippen LogP contribution < -0.4 is 5.32 Å². The van der Waals surface area contributed by atoms with Gasteiger partial charge in [0.2, 0.25) is 0 Å². The van der Waals surface area contributed by atoms with Crippen LogP contribution in [0.25, 0.3) is 11.3 Å². The Labute approximate surface area is 146 Å². The van der Waals surface area contributed by atoms with E-state index in [0.717, 1.165) is 37.2 Å². The number of nitrogens with zero attached hydrogens (tertiary/aromatic N) is 2. The molecule has 2 aromatic rings. The smallest absolute Gasteiger partial charge is 0.257 e. The number of aromatic nitrogens is 2. The van der Waals surface area contributed by atoms with Crippen molar-refractivity contribution >= 4 is 29.9 Å². The van der Waals surface area contributed by atoms with Crippen LogP contribution in [0, 0.1) is 0 Å². The van der Waals surface area contributed by atoms with Crippen molar-refractivity contribution in [3.05, 3.63) is 41.0 Å². The van der Waals surface area contributed by atoms with E-state index in [1.165, 1.54) is 0 Å². The lowest BCUT2D eigenvalue weighted by Gasteiger charge is -2.31. The molecule has 2 heterocycles. The zero-order valence-electron chi connectivity index (χ0n) is 12.9. The number of hydrogen-bond donors (Lipinski definition) is 2. The highest BCUT2D eigenvalue weighted by molar-refractivity contribution is 6.30. The molecule has 124 valence electrons. The normalized spacial score (nSPS) is 15.3. The summed E-state index contributed by atoms with van der Waals surface area (Å²) < 4.78 is 0. The predicted octanol–water partition coefficient (Wildman–Crippen LogP) is 2.98. The first-order valence-corrected chi connectivity index (χ1v) is 7.82. The van der Waals surface area contributed by atoms with Crippen molar-refractivity contribution in [1.82, 2.24) is 20.4 Å². The first-order chi connectivity index (χ1) is 10.7. The van der Waals surface area contributed by atoms with Gasteiger partial charge >= 0.3 is 0 Å². The van der Waals surface area contributed by atoms with E-state index in [1.807, 2.05) is 36.2 Å². The van der Waals surface area contributed by atoms with Gasteiger partial charge in [-0.25, -0.2) is 0 Å². The third kappa shape index (κ3) is 3.86. The van der Waals surface area contributed by atoms with E-state index in [2.05, 4.69) is 15.5 Å². The number of rotatable bonds is 3. The van der Waals surface area contributed by atoms with Gasteiger partial charge in [-0.1, -0.05) is 23.7 Å². The van der Waals surface area contributed by atoms with Crippen molar-refractivity contribution in [3.63, 3.8) is 0 Å². The van der Waals surface area contributed by atoms with Crippen molar-refractivity contribution in [2.24, 2.45) is 0 Å². The number of nitrogens with one attached hydrogen (secondary N) is 2.